The largest absolute Gasteiger partial charge is 0.330 e. The molecule has 4 N–H and O–H groups in total. The molecule has 0 aliphatic rings. The van der Waals surface area contributed by atoms with Crippen molar-refractivity contribution in [1.29, 1.82) is 0 Å². The Labute approximate surface area is 88.7 Å². The topological polar surface area (TPSA) is 96.7 Å². The Balaban J connectivity index is 2.48. The predicted molar refractivity (Wildman–Crippen MR) is 57.1 cm³/mol. The Hall–Kier alpha value is -1.43. The molecule has 1 aromatic heterocycles. The van der Waals surface area contributed by atoms with Gasteiger partial charge < -0.3 is 10.7 Å². The summed E-state index contributed by atoms with van der Waals surface area (Å²) in [7, 11) is 0. The summed E-state index contributed by atoms with van der Waals surface area (Å²) in [4.78, 5) is 14.5. The second-order valence-electron chi connectivity index (χ2n) is 3.39. The first-order chi connectivity index (χ1) is 7.27. The molecular weight excluding hydrogens is 194 g/mol. The van der Waals surface area contributed by atoms with Gasteiger partial charge in [0.05, 0.1) is 0 Å². The number of nitrogens with two attached hydrogens (primary N) is 1. The number of aromatic nitrogens is 3. The zero-order chi connectivity index (χ0) is 11.1. The number of hydrogen-bond acceptors (Lipinski definition) is 4. The third kappa shape index (κ3) is 3.67. The highest BCUT2D eigenvalue weighted by Crippen LogP contribution is 2.12. The van der Waals surface area contributed by atoms with Crippen molar-refractivity contribution in [1.82, 2.24) is 15.2 Å². The first-order valence-electron chi connectivity index (χ1n) is 5.15. The number of H-pyrrole nitrogens is 1. The first kappa shape index (κ1) is 11.6. The Bertz CT molecular complexity index is 279. The fraction of sp³-hybridized carbons (Fsp3) is 0.667. The van der Waals surface area contributed by atoms with Crippen LogP contribution in [0.1, 0.15) is 26.2 Å². The smallest absolute Gasteiger partial charge is 0.229 e. The van der Waals surface area contributed by atoms with Gasteiger partial charge in [-0.1, -0.05) is 13.3 Å². The number of nitrogens with zero attached hydrogens (tertiary/aromatic N) is 2. The molecule has 0 saturated carbocycles. The molecule has 1 rings (SSSR count). The van der Waals surface area contributed by atoms with Crippen molar-refractivity contribution in [3.63, 3.8) is 0 Å². The molecule has 6 nitrogen and oxygen atoms in total. The molecule has 6 heteroatoms. The third-order valence-corrected chi connectivity index (χ3v) is 2.18. The standard InChI is InChI=1S/C9H17N5O/c1-2-3-7(4-5-10)8(15)13-9-11-6-12-14-9/h6-7H,2-5,10H2,1H3,(H2,11,12,13,14,15). The van der Waals surface area contributed by atoms with Gasteiger partial charge in [-0.25, -0.2) is 0 Å². The van der Waals surface area contributed by atoms with Gasteiger partial charge in [-0.2, -0.15) is 0 Å². The van der Waals surface area contributed by atoms with Gasteiger partial charge in [-0.3, -0.25) is 10.1 Å². The molecule has 0 fully saturated rings. The molecule has 1 heterocycles. The minimum absolute atomic E-state index is 0.0369. The molecule has 1 unspecified atom stereocenters. The average Bonchev–Trinajstić information content (AvgIpc) is 2.70. The molecule has 1 atom stereocenters. The predicted octanol–water partition coefficient (Wildman–Crippen LogP) is 0.508. The van der Waals surface area contributed by atoms with Crippen LogP contribution in [0.25, 0.3) is 0 Å². The molecule has 0 aliphatic carbocycles. The van der Waals surface area contributed by atoms with Gasteiger partial charge in [-0.05, 0) is 19.4 Å². The number of aromatic amines is 1. The lowest BCUT2D eigenvalue weighted by atomic mass is 9.99. The van der Waals surface area contributed by atoms with Crippen LogP contribution < -0.4 is 11.1 Å². The van der Waals surface area contributed by atoms with Gasteiger partial charge in [0, 0.05) is 5.92 Å². The Kier molecular flexibility index (Phi) is 4.76. The van der Waals surface area contributed by atoms with Gasteiger partial charge in [0.15, 0.2) is 0 Å². The molecule has 15 heavy (non-hydrogen) atoms. The molecule has 1 amide bonds. The maximum Gasteiger partial charge on any atom is 0.229 e. The molecule has 0 bridgehead atoms. The zero-order valence-corrected chi connectivity index (χ0v) is 8.86. The molecule has 1 aromatic rings. The van der Waals surface area contributed by atoms with Crippen LogP contribution in [0.15, 0.2) is 6.33 Å². The van der Waals surface area contributed by atoms with Gasteiger partial charge in [0.25, 0.3) is 0 Å². The van der Waals surface area contributed by atoms with Crippen molar-refractivity contribution in [2.24, 2.45) is 11.7 Å². The monoisotopic (exact) mass is 211 g/mol. The third-order valence-electron chi connectivity index (χ3n) is 2.18. The number of carbonyl (C=O) groups excluding carboxylic acids is 1. The van der Waals surface area contributed by atoms with Crippen LogP contribution in [-0.4, -0.2) is 27.6 Å². The molecule has 84 valence electrons. The molecule has 0 saturated heterocycles. The second-order valence-corrected chi connectivity index (χ2v) is 3.39. The highest BCUT2D eigenvalue weighted by Gasteiger charge is 2.17. The quantitative estimate of drug-likeness (QED) is 0.638. The normalized spacial score (nSPS) is 12.4. The summed E-state index contributed by atoms with van der Waals surface area (Å²) in [6, 6.07) is 0. The van der Waals surface area contributed by atoms with Crippen LogP contribution in [-0.2, 0) is 4.79 Å². The van der Waals surface area contributed by atoms with E-state index in [4.69, 9.17) is 5.73 Å². The molecular formula is C9H17N5O. The van der Waals surface area contributed by atoms with E-state index in [-0.39, 0.29) is 11.8 Å². The van der Waals surface area contributed by atoms with Gasteiger partial charge in [0.1, 0.15) is 6.33 Å². The van der Waals surface area contributed by atoms with E-state index in [9.17, 15) is 4.79 Å². The van der Waals surface area contributed by atoms with Crippen molar-refractivity contribution in [3.8, 4) is 0 Å². The summed E-state index contributed by atoms with van der Waals surface area (Å²) in [6.45, 7) is 2.57. The van der Waals surface area contributed by atoms with E-state index < -0.39 is 0 Å². The SMILES string of the molecule is CCCC(CCN)C(=O)Nc1nnc[nH]1. The second kappa shape index (κ2) is 6.13. The lowest BCUT2D eigenvalue weighted by molar-refractivity contribution is -0.120. The fourth-order valence-electron chi connectivity index (χ4n) is 1.44. The van der Waals surface area contributed by atoms with Gasteiger partial charge in [-0.15, -0.1) is 10.2 Å². The summed E-state index contributed by atoms with van der Waals surface area (Å²) in [5.74, 6) is 0.308. The van der Waals surface area contributed by atoms with E-state index in [1.54, 1.807) is 0 Å². The summed E-state index contributed by atoms with van der Waals surface area (Å²) >= 11 is 0. The van der Waals surface area contributed by atoms with Crippen LogP contribution in [0.3, 0.4) is 0 Å². The van der Waals surface area contributed by atoms with Crippen LogP contribution >= 0.6 is 0 Å². The van der Waals surface area contributed by atoms with E-state index in [1.807, 2.05) is 6.92 Å². The number of nitrogens with one attached hydrogen (secondary N) is 2. The highest BCUT2D eigenvalue weighted by atomic mass is 16.2. The lowest BCUT2D eigenvalue weighted by Gasteiger charge is -2.13. The van der Waals surface area contributed by atoms with Gasteiger partial charge in [0.2, 0.25) is 11.9 Å². The van der Waals surface area contributed by atoms with E-state index in [1.165, 1.54) is 6.33 Å². The van der Waals surface area contributed by atoms with E-state index in [0.29, 0.717) is 18.9 Å². The van der Waals surface area contributed by atoms with Crippen LogP contribution in [0.5, 0.6) is 0 Å². The van der Waals surface area contributed by atoms with Crippen molar-refractivity contribution in [2.45, 2.75) is 26.2 Å². The van der Waals surface area contributed by atoms with Crippen LogP contribution in [0.2, 0.25) is 0 Å². The Morgan fingerprint density at radius 1 is 1.67 bits per heavy atom. The summed E-state index contributed by atoms with van der Waals surface area (Å²) in [5.41, 5.74) is 5.46. The Morgan fingerprint density at radius 2 is 2.47 bits per heavy atom. The molecule has 0 aromatic carbocycles. The van der Waals surface area contributed by atoms with Crippen molar-refractivity contribution in [3.05, 3.63) is 6.33 Å². The molecule has 0 radical (unpaired) electrons. The highest BCUT2D eigenvalue weighted by molar-refractivity contribution is 5.90. The number of anilines is 1. The number of amides is 1. The van der Waals surface area contributed by atoms with Crippen LogP contribution in [0, 0.1) is 5.92 Å². The fourth-order valence-corrected chi connectivity index (χ4v) is 1.44. The average molecular weight is 211 g/mol. The summed E-state index contributed by atoms with van der Waals surface area (Å²) in [6.07, 6.45) is 3.94. The van der Waals surface area contributed by atoms with Crippen molar-refractivity contribution >= 4 is 11.9 Å². The zero-order valence-electron chi connectivity index (χ0n) is 8.86. The van der Waals surface area contributed by atoms with E-state index in [2.05, 4.69) is 20.5 Å². The van der Waals surface area contributed by atoms with E-state index in [0.717, 1.165) is 12.8 Å². The summed E-state index contributed by atoms with van der Waals surface area (Å²) in [5, 5.41) is 9.94. The van der Waals surface area contributed by atoms with Crippen molar-refractivity contribution in [2.75, 3.05) is 11.9 Å². The maximum atomic E-state index is 11.7. The van der Waals surface area contributed by atoms with Gasteiger partial charge >= 0.3 is 0 Å². The van der Waals surface area contributed by atoms with Crippen molar-refractivity contribution < 1.29 is 4.79 Å². The minimum atomic E-state index is -0.0425. The molecule has 0 aliphatic heterocycles. The number of rotatable bonds is 6. The Morgan fingerprint density at radius 3 is 3.00 bits per heavy atom. The van der Waals surface area contributed by atoms with E-state index >= 15 is 0 Å². The molecule has 0 spiro atoms. The lowest BCUT2D eigenvalue weighted by Crippen LogP contribution is -2.25. The summed E-state index contributed by atoms with van der Waals surface area (Å²) < 4.78 is 0. The number of hydrogen-bond donors (Lipinski definition) is 3. The maximum absolute atomic E-state index is 11.7. The number of carbonyl (C=O) groups is 1. The minimum Gasteiger partial charge on any atom is -0.330 e. The first-order valence-corrected chi connectivity index (χ1v) is 5.15. The van der Waals surface area contributed by atoms with Crippen LogP contribution in [0.4, 0.5) is 5.95 Å².